The summed E-state index contributed by atoms with van der Waals surface area (Å²) < 4.78 is 23.1. The zero-order chi connectivity index (χ0) is 29.5. The van der Waals surface area contributed by atoms with E-state index in [0.717, 1.165) is 22.4 Å². The van der Waals surface area contributed by atoms with Gasteiger partial charge in [0.05, 0.1) is 24.1 Å². The number of nitrogens with zero attached hydrogens (tertiary/aromatic N) is 3. The molecule has 0 N–H and O–H groups in total. The number of hydrogen-bond acceptors (Lipinski definition) is 11. The van der Waals surface area contributed by atoms with E-state index in [1.807, 2.05) is 50.4 Å². The maximum atomic E-state index is 12.3. The van der Waals surface area contributed by atoms with Crippen molar-refractivity contribution in [2.24, 2.45) is 0 Å². The first-order valence-electron chi connectivity index (χ1n) is 13.8. The molecule has 2 atom stereocenters. The third-order valence-electron chi connectivity index (χ3n) is 6.62. The molecule has 222 valence electrons. The van der Waals surface area contributed by atoms with Crippen LogP contribution in [-0.4, -0.2) is 52.4 Å². The van der Waals surface area contributed by atoms with E-state index in [2.05, 4.69) is 52.8 Å². The molecule has 1 fully saturated rings. The second-order valence-electron chi connectivity index (χ2n) is 10.9. The van der Waals surface area contributed by atoms with E-state index < -0.39 is 11.8 Å². The number of piperidine rings is 1. The molecule has 0 amide bonds. The molecular formula is C31H35N3O6S2. The number of hydrogen-bond donors (Lipinski definition) is 0. The van der Waals surface area contributed by atoms with Crippen LogP contribution >= 0.6 is 23.1 Å². The van der Waals surface area contributed by atoms with Gasteiger partial charge in [0.2, 0.25) is 5.82 Å². The van der Waals surface area contributed by atoms with Crippen molar-refractivity contribution in [2.75, 3.05) is 19.3 Å². The smallest absolute Gasteiger partial charge is 0.484 e. The number of carbonyl (C=O) groups excluding carboxylic acids is 1. The molecule has 5 rings (SSSR count). The second-order valence-corrected chi connectivity index (χ2v) is 12.7. The van der Waals surface area contributed by atoms with Crippen LogP contribution in [0.4, 0.5) is 4.79 Å². The van der Waals surface area contributed by atoms with E-state index in [0.29, 0.717) is 37.2 Å². The van der Waals surface area contributed by atoms with Gasteiger partial charge in [0, 0.05) is 17.4 Å². The van der Waals surface area contributed by atoms with Crippen LogP contribution in [0.3, 0.4) is 0 Å². The fourth-order valence-corrected chi connectivity index (χ4v) is 5.65. The second kappa shape index (κ2) is 13.7. The van der Waals surface area contributed by atoms with Gasteiger partial charge in [0.25, 0.3) is 5.89 Å². The molecule has 2 unspecified atom stereocenters. The normalized spacial score (nSPS) is 17.6. The Balaban J connectivity index is 1.22. The molecular weight excluding hydrogens is 574 g/mol. The van der Waals surface area contributed by atoms with E-state index in [-0.39, 0.29) is 18.6 Å². The van der Waals surface area contributed by atoms with Crippen LogP contribution in [0.25, 0.3) is 10.7 Å². The molecule has 9 nitrogen and oxygen atoms in total. The molecule has 1 saturated heterocycles. The topological polar surface area (TPSA) is 96.2 Å². The molecule has 4 aromatic rings. The summed E-state index contributed by atoms with van der Waals surface area (Å²) in [4.78, 5) is 24.4. The van der Waals surface area contributed by atoms with E-state index in [9.17, 15) is 4.79 Å². The van der Waals surface area contributed by atoms with Crippen molar-refractivity contribution in [3.63, 3.8) is 0 Å². The van der Waals surface area contributed by atoms with Crippen molar-refractivity contribution in [1.29, 1.82) is 0 Å². The minimum Gasteiger partial charge on any atom is -0.484 e. The van der Waals surface area contributed by atoms with Crippen LogP contribution in [0.1, 0.15) is 50.1 Å². The fourth-order valence-electron chi connectivity index (χ4n) is 4.60. The minimum atomic E-state index is -0.711. The minimum absolute atomic E-state index is 0.104. The Labute approximate surface area is 254 Å². The molecule has 0 aliphatic carbocycles. The molecule has 11 heteroatoms. The molecule has 2 aromatic carbocycles. The van der Waals surface area contributed by atoms with Gasteiger partial charge in [-0.15, -0.1) is 28.2 Å². The van der Waals surface area contributed by atoms with Gasteiger partial charge in [-0.05, 0) is 80.3 Å². The largest absolute Gasteiger partial charge is 0.528 e. The molecule has 42 heavy (non-hydrogen) atoms. The van der Waals surface area contributed by atoms with Gasteiger partial charge in [-0.25, -0.2) is 4.79 Å². The lowest BCUT2D eigenvalue weighted by atomic mass is 9.87. The van der Waals surface area contributed by atoms with Crippen molar-refractivity contribution < 1.29 is 28.4 Å². The summed E-state index contributed by atoms with van der Waals surface area (Å²) in [6.07, 6.45) is 1.88. The Morgan fingerprint density at radius 2 is 1.88 bits per heavy atom. The van der Waals surface area contributed by atoms with Crippen LogP contribution in [-0.2, 0) is 27.5 Å². The molecule has 3 heterocycles. The van der Waals surface area contributed by atoms with Crippen LogP contribution in [0.2, 0.25) is 0 Å². The van der Waals surface area contributed by atoms with Crippen LogP contribution < -0.4 is 4.74 Å². The zero-order valence-corrected chi connectivity index (χ0v) is 25.8. The average Bonchev–Trinajstić information content (AvgIpc) is 3.67. The Kier molecular flexibility index (Phi) is 9.84. The van der Waals surface area contributed by atoms with Gasteiger partial charge in [0.15, 0.2) is 6.61 Å². The Hall–Kier alpha value is -3.38. The summed E-state index contributed by atoms with van der Waals surface area (Å²) in [5, 5.41) is 7.64. The number of thiophene rings is 1. The van der Waals surface area contributed by atoms with E-state index in [1.54, 1.807) is 28.2 Å². The van der Waals surface area contributed by atoms with Crippen LogP contribution in [0.15, 0.2) is 75.5 Å². The SMILES string of the molecule is CSc1ccc(COC2CN(OC(=O)OC(C)(C)C)CCC2c2ccc(OCc3nc(-c4cccs4)no3)cc2)cc1. The monoisotopic (exact) mass is 609 g/mol. The summed E-state index contributed by atoms with van der Waals surface area (Å²) in [5.41, 5.74) is 1.58. The highest BCUT2D eigenvalue weighted by Gasteiger charge is 2.34. The third-order valence-corrected chi connectivity index (χ3v) is 8.23. The Morgan fingerprint density at radius 1 is 1.10 bits per heavy atom. The van der Waals surface area contributed by atoms with Crippen molar-refractivity contribution in [3.8, 4) is 16.5 Å². The quantitative estimate of drug-likeness (QED) is 0.134. The van der Waals surface area contributed by atoms with Gasteiger partial charge in [-0.1, -0.05) is 35.5 Å². The first-order valence-corrected chi connectivity index (χ1v) is 15.9. The van der Waals surface area contributed by atoms with Gasteiger partial charge in [-0.3, -0.25) is 0 Å². The lowest BCUT2D eigenvalue weighted by molar-refractivity contribution is -0.179. The molecule has 1 aliphatic heterocycles. The predicted octanol–water partition coefficient (Wildman–Crippen LogP) is 7.34. The maximum absolute atomic E-state index is 12.3. The van der Waals surface area contributed by atoms with Crippen LogP contribution in [0, 0.1) is 0 Å². The summed E-state index contributed by atoms with van der Waals surface area (Å²) in [6.45, 7) is 7.06. The number of thioether (sulfide) groups is 1. The van der Waals surface area contributed by atoms with Crippen molar-refractivity contribution >= 4 is 29.3 Å². The molecule has 0 bridgehead atoms. The number of carbonyl (C=O) groups is 1. The number of hydroxylamine groups is 2. The highest BCUT2D eigenvalue weighted by atomic mass is 32.2. The van der Waals surface area contributed by atoms with Gasteiger partial charge < -0.3 is 23.6 Å². The number of ether oxygens (including phenoxy) is 3. The highest BCUT2D eigenvalue weighted by molar-refractivity contribution is 7.98. The van der Waals surface area contributed by atoms with Gasteiger partial charge >= 0.3 is 6.16 Å². The Morgan fingerprint density at radius 3 is 2.57 bits per heavy atom. The molecule has 0 spiro atoms. The fraction of sp³-hybridized carbons (Fsp3) is 0.387. The van der Waals surface area contributed by atoms with Crippen molar-refractivity contribution in [3.05, 3.63) is 83.1 Å². The third kappa shape index (κ3) is 8.34. The summed E-state index contributed by atoms with van der Waals surface area (Å²) in [6, 6.07) is 20.2. The summed E-state index contributed by atoms with van der Waals surface area (Å²) in [7, 11) is 0. The first kappa shape index (κ1) is 30.1. The first-order chi connectivity index (χ1) is 20.3. The lowest BCUT2D eigenvalue weighted by Gasteiger charge is -2.37. The predicted molar refractivity (Wildman–Crippen MR) is 161 cm³/mol. The maximum Gasteiger partial charge on any atom is 0.528 e. The van der Waals surface area contributed by atoms with E-state index >= 15 is 0 Å². The zero-order valence-electron chi connectivity index (χ0n) is 24.1. The van der Waals surface area contributed by atoms with Crippen LogP contribution in [0.5, 0.6) is 5.75 Å². The van der Waals surface area contributed by atoms with Crippen molar-refractivity contribution in [2.45, 2.75) is 62.9 Å². The highest BCUT2D eigenvalue weighted by Crippen LogP contribution is 2.33. The summed E-state index contributed by atoms with van der Waals surface area (Å²) in [5.74, 6) is 1.78. The Bertz CT molecular complexity index is 1420. The lowest BCUT2D eigenvalue weighted by Crippen LogP contribution is -2.45. The number of benzene rings is 2. The standard InChI is InChI=1S/C31H35N3O6S2/c1-31(2,3)38-30(35)40-34-16-15-25(26(18-34)37-19-21-7-13-24(41-4)14-8-21)22-9-11-23(12-10-22)36-20-28-32-29(33-39-28)27-6-5-17-42-27/h5-14,17,25-26H,15-16,18-20H2,1-4H3. The molecule has 1 aliphatic rings. The van der Waals surface area contributed by atoms with Gasteiger partial charge in [0.1, 0.15) is 11.4 Å². The van der Waals surface area contributed by atoms with Crippen molar-refractivity contribution in [1.82, 2.24) is 15.2 Å². The van der Waals surface area contributed by atoms with E-state index in [1.165, 1.54) is 4.90 Å². The number of rotatable bonds is 10. The molecule has 2 aromatic heterocycles. The van der Waals surface area contributed by atoms with E-state index in [4.69, 9.17) is 23.6 Å². The summed E-state index contributed by atoms with van der Waals surface area (Å²) >= 11 is 3.26. The number of aromatic nitrogens is 2. The average molecular weight is 610 g/mol. The molecule has 0 saturated carbocycles. The molecule has 0 radical (unpaired) electrons. The van der Waals surface area contributed by atoms with Gasteiger partial charge in [-0.2, -0.15) is 4.98 Å².